The first-order valence-corrected chi connectivity index (χ1v) is 6.15. The van der Waals surface area contributed by atoms with Gasteiger partial charge in [0.25, 0.3) is 0 Å². The van der Waals surface area contributed by atoms with Crippen LogP contribution in [0, 0.1) is 12.3 Å². The third kappa shape index (κ3) is 4.31. The van der Waals surface area contributed by atoms with Gasteiger partial charge in [0.1, 0.15) is 11.5 Å². The van der Waals surface area contributed by atoms with Crippen LogP contribution in [0.4, 0.5) is 0 Å². The quantitative estimate of drug-likeness (QED) is 0.751. The molecule has 0 heterocycles. The molecule has 0 fully saturated rings. The normalized spacial score (nSPS) is 11.7. The van der Waals surface area contributed by atoms with Crippen LogP contribution in [-0.4, -0.2) is 20.3 Å². The lowest BCUT2D eigenvalue weighted by molar-refractivity contribution is 0.393. The van der Waals surface area contributed by atoms with Crippen LogP contribution in [0.15, 0.2) is 18.2 Å². The molecule has 98 valence electrons. The fourth-order valence-electron chi connectivity index (χ4n) is 1.74. The molecule has 0 radical (unpaired) electrons. The minimum Gasteiger partial charge on any atom is -0.497 e. The highest BCUT2D eigenvalue weighted by Crippen LogP contribution is 2.22. The first-order valence-electron chi connectivity index (χ1n) is 6.15. The monoisotopic (exact) mass is 247 g/mol. The van der Waals surface area contributed by atoms with E-state index in [2.05, 4.69) is 18.2 Å². The number of ether oxygens (including phenoxy) is 2. The van der Waals surface area contributed by atoms with Crippen molar-refractivity contribution in [3.05, 3.63) is 23.8 Å². The average Bonchev–Trinajstić information content (AvgIpc) is 2.42. The highest BCUT2D eigenvalue weighted by molar-refractivity contribution is 5.38. The van der Waals surface area contributed by atoms with Crippen molar-refractivity contribution in [3.8, 4) is 23.8 Å². The van der Waals surface area contributed by atoms with E-state index in [4.69, 9.17) is 15.9 Å². The molecule has 0 amide bonds. The molecule has 0 aromatic heterocycles. The molecule has 18 heavy (non-hydrogen) atoms. The predicted octanol–water partition coefficient (Wildman–Crippen LogP) is 2.60. The van der Waals surface area contributed by atoms with Crippen molar-refractivity contribution in [2.24, 2.45) is 0 Å². The Bertz CT molecular complexity index is 387. The van der Waals surface area contributed by atoms with Crippen molar-refractivity contribution >= 4 is 0 Å². The summed E-state index contributed by atoms with van der Waals surface area (Å²) in [7, 11) is 3.29. The molecule has 1 atom stereocenters. The van der Waals surface area contributed by atoms with Gasteiger partial charge >= 0.3 is 0 Å². The molecular weight excluding hydrogens is 226 g/mol. The Morgan fingerprint density at radius 3 is 2.28 bits per heavy atom. The number of nitrogens with one attached hydrogen (secondary N) is 1. The molecule has 1 aromatic rings. The van der Waals surface area contributed by atoms with Gasteiger partial charge < -0.3 is 9.47 Å². The zero-order valence-corrected chi connectivity index (χ0v) is 11.3. The number of benzene rings is 1. The van der Waals surface area contributed by atoms with Crippen LogP contribution in [0.25, 0.3) is 0 Å². The van der Waals surface area contributed by atoms with Crippen molar-refractivity contribution < 1.29 is 9.47 Å². The summed E-state index contributed by atoms with van der Waals surface area (Å²) in [6, 6.07) is 5.94. The van der Waals surface area contributed by atoms with Gasteiger partial charge in [-0.1, -0.05) is 19.3 Å². The van der Waals surface area contributed by atoms with Crippen LogP contribution in [-0.2, 0) is 6.54 Å². The summed E-state index contributed by atoms with van der Waals surface area (Å²) < 4.78 is 10.5. The maximum Gasteiger partial charge on any atom is 0.122 e. The zero-order chi connectivity index (χ0) is 13.4. The van der Waals surface area contributed by atoms with Gasteiger partial charge in [-0.2, -0.15) is 0 Å². The van der Waals surface area contributed by atoms with Gasteiger partial charge in [0.15, 0.2) is 0 Å². The number of hydrogen-bond donors (Lipinski definition) is 1. The smallest absolute Gasteiger partial charge is 0.122 e. The minimum absolute atomic E-state index is 0.118. The zero-order valence-electron chi connectivity index (χ0n) is 11.3. The van der Waals surface area contributed by atoms with Gasteiger partial charge in [-0.15, -0.1) is 6.42 Å². The van der Waals surface area contributed by atoms with Gasteiger partial charge in [0, 0.05) is 12.6 Å². The molecule has 3 heteroatoms. The molecule has 3 nitrogen and oxygen atoms in total. The van der Waals surface area contributed by atoms with E-state index in [0.717, 1.165) is 29.9 Å². The van der Waals surface area contributed by atoms with E-state index in [9.17, 15) is 0 Å². The number of rotatable bonds is 7. The summed E-state index contributed by atoms with van der Waals surface area (Å²) in [5.74, 6) is 4.34. The van der Waals surface area contributed by atoms with E-state index in [1.807, 2.05) is 18.2 Å². The summed E-state index contributed by atoms with van der Waals surface area (Å²) in [4.78, 5) is 0. The first-order chi connectivity index (χ1) is 8.73. The lowest BCUT2D eigenvalue weighted by Crippen LogP contribution is -2.26. The van der Waals surface area contributed by atoms with E-state index >= 15 is 0 Å². The Kier molecular flexibility index (Phi) is 6.10. The molecular formula is C15H21NO2. The molecule has 0 aliphatic carbocycles. The number of hydrogen-bond acceptors (Lipinski definition) is 3. The first kappa shape index (κ1) is 14.4. The van der Waals surface area contributed by atoms with Crippen LogP contribution < -0.4 is 14.8 Å². The van der Waals surface area contributed by atoms with E-state index in [1.165, 1.54) is 0 Å². The second-order valence-corrected chi connectivity index (χ2v) is 4.11. The van der Waals surface area contributed by atoms with Gasteiger partial charge in [0.2, 0.25) is 0 Å². The summed E-state index contributed by atoms with van der Waals surface area (Å²) in [6.07, 6.45) is 7.53. The van der Waals surface area contributed by atoms with Gasteiger partial charge in [-0.3, -0.25) is 5.32 Å². The van der Waals surface area contributed by atoms with Gasteiger partial charge in [-0.05, 0) is 24.1 Å². The predicted molar refractivity (Wildman–Crippen MR) is 73.9 cm³/mol. The maximum atomic E-state index is 5.47. The fraction of sp³-hybridized carbons (Fsp3) is 0.467. The van der Waals surface area contributed by atoms with Crippen LogP contribution in [0.1, 0.15) is 25.3 Å². The summed E-state index contributed by atoms with van der Waals surface area (Å²) in [6.45, 7) is 2.84. The molecule has 0 saturated heterocycles. The van der Waals surface area contributed by atoms with Crippen LogP contribution >= 0.6 is 0 Å². The molecule has 0 spiro atoms. The molecule has 0 saturated carbocycles. The Morgan fingerprint density at radius 1 is 1.22 bits per heavy atom. The average molecular weight is 247 g/mol. The lowest BCUT2D eigenvalue weighted by atomic mass is 10.1. The van der Waals surface area contributed by atoms with Crippen molar-refractivity contribution in [2.75, 3.05) is 14.2 Å². The van der Waals surface area contributed by atoms with Crippen LogP contribution in [0.3, 0.4) is 0 Å². The van der Waals surface area contributed by atoms with Crippen LogP contribution in [0.5, 0.6) is 11.5 Å². The number of methoxy groups -OCH3 is 2. The third-order valence-electron chi connectivity index (χ3n) is 2.74. The lowest BCUT2D eigenvalue weighted by Gasteiger charge is -2.13. The van der Waals surface area contributed by atoms with Crippen molar-refractivity contribution in [2.45, 2.75) is 32.4 Å². The SMILES string of the molecule is C#CC(CCC)NCc1cc(OC)cc(OC)c1. The molecule has 0 bridgehead atoms. The molecule has 1 aromatic carbocycles. The molecule has 1 unspecified atom stereocenters. The van der Waals surface area contributed by atoms with E-state index in [-0.39, 0.29) is 6.04 Å². The standard InChI is InChI=1S/C15H21NO2/c1-5-7-13(6-2)16-11-12-8-14(17-3)10-15(9-12)18-4/h2,8-10,13,16H,5,7,11H2,1,3-4H3. The third-order valence-corrected chi connectivity index (χ3v) is 2.74. The summed E-state index contributed by atoms with van der Waals surface area (Å²) >= 11 is 0. The van der Waals surface area contributed by atoms with Crippen molar-refractivity contribution in [3.63, 3.8) is 0 Å². The van der Waals surface area contributed by atoms with E-state index in [1.54, 1.807) is 14.2 Å². The minimum atomic E-state index is 0.118. The maximum absolute atomic E-state index is 5.47. The second-order valence-electron chi connectivity index (χ2n) is 4.11. The highest BCUT2D eigenvalue weighted by Gasteiger charge is 2.05. The molecule has 1 N–H and O–H groups in total. The Labute approximate surface area is 109 Å². The summed E-state index contributed by atoms with van der Waals surface area (Å²) in [5, 5.41) is 3.34. The van der Waals surface area contributed by atoms with Gasteiger partial charge in [0.05, 0.1) is 20.3 Å². The molecule has 0 aliphatic heterocycles. The Morgan fingerprint density at radius 2 is 1.83 bits per heavy atom. The Balaban J connectivity index is 2.69. The van der Waals surface area contributed by atoms with Crippen molar-refractivity contribution in [1.82, 2.24) is 5.32 Å². The number of terminal acetylenes is 1. The van der Waals surface area contributed by atoms with Gasteiger partial charge in [-0.25, -0.2) is 0 Å². The topological polar surface area (TPSA) is 30.5 Å². The largest absolute Gasteiger partial charge is 0.497 e. The summed E-state index contributed by atoms with van der Waals surface area (Å²) in [5.41, 5.74) is 1.10. The fourth-order valence-corrected chi connectivity index (χ4v) is 1.74. The van der Waals surface area contributed by atoms with E-state index in [0.29, 0.717) is 6.54 Å². The second kappa shape index (κ2) is 7.62. The van der Waals surface area contributed by atoms with E-state index < -0.39 is 0 Å². The Hall–Kier alpha value is -1.66. The highest BCUT2D eigenvalue weighted by atomic mass is 16.5. The van der Waals surface area contributed by atoms with Crippen molar-refractivity contribution in [1.29, 1.82) is 0 Å². The van der Waals surface area contributed by atoms with Crippen LogP contribution in [0.2, 0.25) is 0 Å². The molecule has 1 rings (SSSR count). The molecule has 0 aliphatic rings.